The van der Waals surface area contributed by atoms with Gasteiger partial charge in [-0.25, -0.2) is 0 Å². The van der Waals surface area contributed by atoms with Gasteiger partial charge in [0.1, 0.15) is 5.75 Å². The van der Waals surface area contributed by atoms with Crippen molar-refractivity contribution in [2.45, 2.75) is 38.6 Å². The third-order valence-corrected chi connectivity index (χ3v) is 3.87. The fourth-order valence-corrected chi connectivity index (χ4v) is 3.10. The number of rotatable bonds is 7. The number of hydrogen-bond donors (Lipinski definition) is 1. The maximum atomic E-state index is 6.13. The Labute approximate surface area is 123 Å². The second kappa shape index (κ2) is 8.03. The van der Waals surface area contributed by atoms with Crippen molar-refractivity contribution in [1.29, 1.82) is 0 Å². The summed E-state index contributed by atoms with van der Waals surface area (Å²) in [6, 6.07) is 4.13. The normalized spacial score (nSPS) is 12.5. The molecule has 0 saturated heterocycles. The molecule has 0 aliphatic carbocycles. The van der Waals surface area contributed by atoms with Crippen LogP contribution in [0.1, 0.15) is 44.2 Å². The maximum absolute atomic E-state index is 6.13. The zero-order valence-corrected chi connectivity index (χ0v) is 13.6. The van der Waals surface area contributed by atoms with Crippen molar-refractivity contribution in [3.8, 4) is 5.75 Å². The first-order chi connectivity index (χ1) is 8.63. The monoisotopic (exact) mass is 333 g/mol. The summed E-state index contributed by atoms with van der Waals surface area (Å²) < 4.78 is 6.38. The van der Waals surface area contributed by atoms with Gasteiger partial charge in [0.05, 0.1) is 11.6 Å². The first-order valence-electron chi connectivity index (χ1n) is 6.34. The van der Waals surface area contributed by atoms with Crippen LogP contribution in [0.5, 0.6) is 5.75 Å². The van der Waals surface area contributed by atoms with Crippen LogP contribution in [0.25, 0.3) is 0 Å². The van der Waals surface area contributed by atoms with Crippen molar-refractivity contribution < 1.29 is 4.74 Å². The van der Waals surface area contributed by atoms with Gasteiger partial charge < -0.3 is 10.1 Å². The highest BCUT2D eigenvalue weighted by Gasteiger charge is 2.17. The third-order valence-electron chi connectivity index (χ3n) is 3.06. The molecule has 1 rings (SSSR count). The Balaban J connectivity index is 2.96. The third kappa shape index (κ3) is 4.15. The fourth-order valence-electron chi connectivity index (χ4n) is 2.11. The summed E-state index contributed by atoms with van der Waals surface area (Å²) in [6.07, 6.45) is 4.78. The molecule has 0 aliphatic rings. The summed E-state index contributed by atoms with van der Waals surface area (Å²) in [5.74, 6) is 0.871. The van der Waals surface area contributed by atoms with Gasteiger partial charge in [-0.15, -0.1) is 0 Å². The Kier molecular flexibility index (Phi) is 7.05. The van der Waals surface area contributed by atoms with E-state index in [9.17, 15) is 0 Å². The first kappa shape index (κ1) is 15.8. The highest BCUT2D eigenvalue weighted by atomic mass is 79.9. The van der Waals surface area contributed by atoms with E-state index in [1.807, 2.05) is 19.2 Å². The molecule has 0 bridgehead atoms. The summed E-state index contributed by atoms with van der Waals surface area (Å²) >= 11 is 9.63. The van der Waals surface area contributed by atoms with Gasteiger partial charge in [-0.3, -0.25) is 0 Å². The molecule has 1 aromatic carbocycles. The van der Waals surface area contributed by atoms with Crippen molar-refractivity contribution in [2.75, 3.05) is 14.2 Å². The molecule has 0 amide bonds. The molecule has 18 heavy (non-hydrogen) atoms. The van der Waals surface area contributed by atoms with E-state index in [0.29, 0.717) is 0 Å². The molecular weight excluding hydrogens is 314 g/mol. The molecule has 0 spiro atoms. The van der Waals surface area contributed by atoms with Crippen LogP contribution >= 0.6 is 27.5 Å². The van der Waals surface area contributed by atoms with Crippen LogP contribution in [0.3, 0.4) is 0 Å². The van der Waals surface area contributed by atoms with Crippen LogP contribution in [-0.4, -0.2) is 14.2 Å². The molecule has 0 aliphatic heterocycles. The predicted molar refractivity (Wildman–Crippen MR) is 81.6 cm³/mol. The SMILES string of the molecule is CCCCCC(NC)c1cc(Cl)cc(Br)c1OC. The number of methoxy groups -OCH3 is 1. The topological polar surface area (TPSA) is 21.3 Å². The van der Waals surface area contributed by atoms with Crippen LogP contribution in [0, 0.1) is 0 Å². The smallest absolute Gasteiger partial charge is 0.137 e. The molecule has 0 fully saturated rings. The number of nitrogens with one attached hydrogen (secondary N) is 1. The summed E-state index contributed by atoms with van der Waals surface area (Å²) in [6.45, 7) is 2.21. The molecule has 1 aromatic rings. The Bertz CT molecular complexity index is 384. The quantitative estimate of drug-likeness (QED) is 0.712. The van der Waals surface area contributed by atoms with Gasteiger partial charge in [0.25, 0.3) is 0 Å². The van der Waals surface area contributed by atoms with Crippen LogP contribution in [0.15, 0.2) is 16.6 Å². The number of hydrogen-bond acceptors (Lipinski definition) is 2. The lowest BCUT2D eigenvalue weighted by molar-refractivity contribution is 0.394. The summed E-state index contributed by atoms with van der Waals surface area (Å²) in [4.78, 5) is 0. The van der Waals surface area contributed by atoms with Gasteiger partial charge in [-0.2, -0.15) is 0 Å². The van der Waals surface area contributed by atoms with E-state index in [4.69, 9.17) is 16.3 Å². The van der Waals surface area contributed by atoms with E-state index >= 15 is 0 Å². The molecule has 0 aromatic heterocycles. The summed E-state index contributed by atoms with van der Waals surface area (Å²) in [7, 11) is 3.67. The predicted octanol–water partition coefficient (Wildman–Crippen LogP) is 4.95. The van der Waals surface area contributed by atoms with E-state index in [1.165, 1.54) is 19.3 Å². The molecule has 2 nitrogen and oxygen atoms in total. The van der Waals surface area contributed by atoms with Gasteiger partial charge in [0.15, 0.2) is 0 Å². The largest absolute Gasteiger partial charge is 0.495 e. The standard InChI is InChI=1S/C14H21BrClNO/c1-4-5-6-7-13(17-2)11-8-10(16)9-12(15)14(11)18-3/h8-9,13,17H,4-7H2,1-3H3. The Hall–Kier alpha value is -0.250. The van der Waals surface area contributed by atoms with Crippen LogP contribution in [0.2, 0.25) is 5.02 Å². The van der Waals surface area contributed by atoms with Crippen molar-refractivity contribution in [3.05, 3.63) is 27.2 Å². The lowest BCUT2D eigenvalue weighted by Crippen LogP contribution is -2.17. The average molecular weight is 335 g/mol. The highest BCUT2D eigenvalue weighted by molar-refractivity contribution is 9.10. The molecule has 0 heterocycles. The fraction of sp³-hybridized carbons (Fsp3) is 0.571. The van der Waals surface area contributed by atoms with Gasteiger partial charge in [0, 0.05) is 16.6 Å². The van der Waals surface area contributed by atoms with E-state index in [1.54, 1.807) is 7.11 Å². The first-order valence-corrected chi connectivity index (χ1v) is 7.51. The van der Waals surface area contributed by atoms with E-state index in [-0.39, 0.29) is 6.04 Å². The zero-order chi connectivity index (χ0) is 13.5. The maximum Gasteiger partial charge on any atom is 0.137 e. The second-order valence-corrected chi connectivity index (χ2v) is 5.64. The zero-order valence-electron chi connectivity index (χ0n) is 11.2. The minimum absolute atomic E-state index is 0.279. The van der Waals surface area contributed by atoms with Gasteiger partial charge in [-0.1, -0.05) is 37.8 Å². The van der Waals surface area contributed by atoms with Gasteiger partial charge in [0.2, 0.25) is 0 Å². The molecule has 1 unspecified atom stereocenters. The summed E-state index contributed by atoms with van der Waals surface area (Å²) in [5, 5.41) is 4.08. The Morgan fingerprint density at radius 2 is 2.11 bits per heavy atom. The number of unbranched alkanes of at least 4 members (excludes halogenated alkanes) is 2. The Morgan fingerprint density at radius 1 is 1.39 bits per heavy atom. The lowest BCUT2D eigenvalue weighted by Gasteiger charge is -2.20. The van der Waals surface area contributed by atoms with Crippen molar-refractivity contribution in [2.24, 2.45) is 0 Å². The van der Waals surface area contributed by atoms with Crippen LogP contribution in [-0.2, 0) is 0 Å². The number of halogens is 2. The van der Waals surface area contributed by atoms with Crippen molar-refractivity contribution in [1.82, 2.24) is 5.32 Å². The number of ether oxygens (including phenoxy) is 1. The minimum atomic E-state index is 0.279. The molecular formula is C14H21BrClNO. The molecule has 0 radical (unpaired) electrons. The van der Waals surface area contributed by atoms with E-state index in [0.717, 1.165) is 27.2 Å². The molecule has 1 N–H and O–H groups in total. The van der Waals surface area contributed by atoms with Crippen LogP contribution in [0.4, 0.5) is 0 Å². The van der Waals surface area contributed by atoms with Crippen molar-refractivity contribution in [3.63, 3.8) is 0 Å². The average Bonchev–Trinajstić information content (AvgIpc) is 2.34. The van der Waals surface area contributed by atoms with Crippen LogP contribution < -0.4 is 10.1 Å². The molecule has 1 atom stereocenters. The van der Waals surface area contributed by atoms with E-state index in [2.05, 4.69) is 28.2 Å². The molecule has 0 saturated carbocycles. The lowest BCUT2D eigenvalue weighted by atomic mass is 9.99. The second-order valence-electron chi connectivity index (χ2n) is 4.35. The molecule has 102 valence electrons. The van der Waals surface area contributed by atoms with Crippen molar-refractivity contribution >= 4 is 27.5 Å². The van der Waals surface area contributed by atoms with E-state index < -0.39 is 0 Å². The van der Waals surface area contributed by atoms with Gasteiger partial charge in [-0.05, 0) is 41.5 Å². The molecule has 4 heteroatoms. The Morgan fingerprint density at radius 3 is 2.67 bits per heavy atom. The highest BCUT2D eigenvalue weighted by Crippen LogP contribution is 2.37. The van der Waals surface area contributed by atoms with Gasteiger partial charge >= 0.3 is 0 Å². The minimum Gasteiger partial charge on any atom is -0.495 e. The summed E-state index contributed by atoms with van der Waals surface area (Å²) in [5.41, 5.74) is 1.12. The number of benzene rings is 1.